The maximum atomic E-state index is 11.1. The first-order chi connectivity index (χ1) is 10.2. The van der Waals surface area contributed by atoms with E-state index in [1.54, 1.807) is 6.07 Å². The number of hydrogen-bond acceptors (Lipinski definition) is 6. The molecule has 0 saturated carbocycles. The van der Waals surface area contributed by atoms with Crippen molar-refractivity contribution in [3.63, 3.8) is 0 Å². The molecule has 116 valence electrons. The number of morpholine rings is 1. The molecule has 1 fully saturated rings. The lowest BCUT2D eigenvalue weighted by molar-refractivity contribution is -0.384. The van der Waals surface area contributed by atoms with Crippen molar-refractivity contribution in [1.82, 2.24) is 0 Å². The quantitative estimate of drug-likeness (QED) is 0.612. The fourth-order valence-corrected chi connectivity index (χ4v) is 2.38. The summed E-state index contributed by atoms with van der Waals surface area (Å²) >= 11 is 0. The predicted molar refractivity (Wildman–Crippen MR) is 80.9 cm³/mol. The molecular formula is C14H21N3O4. The highest BCUT2D eigenvalue weighted by Crippen LogP contribution is 2.29. The minimum absolute atomic E-state index is 0.0413. The highest BCUT2D eigenvalue weighted by molar-refractivity contribution is 5.65. The normalized spacial score (nSPS) is 18.6. The molecule has 1 aromatic carbocycles. The minimum atomic E-state index is -0.394. The maximum Gasteiger partial charge on any atom is 0.273 e. The van der Waals surface area contributed by atoms with Gasteiger partial charge in [0.2, 0.25) is 0 Å². The molecule has 2 rings (SSSR count). The van der Waals surface area contributed by atoms with E-state index in [2.05, 4.69) is 5.32 Å². The van der Waals surface area contributed by atoms with Crippen LogP contribution >= 0.6 is 0 Å². The molecule has 0 aliphatic carbocycles. The number of anilines is 2. The summed E-state index contributed by atoms with van der Waals surface area (Å²) < 4.78 is 5.35. The molecule has 21 heavy (non-hydrogen) atoms. The topological polar surface area (TPSA) is 87.9 Å². The van der Waals surface area contributed by atoms with E-state index >= 15 is 0 Å². The van der Waals surface area contributed by atoms with Crippen LogP contribution in [0.25, 0.3) is 0 Å². The van der Waals surface area contributed by atoms with Crippen LogP contribution in [0.3, 0.4) is 0 Å². The largest absolute Gasteiger partial charge is 0.394 e. The number of nitrogens with zero attached hydrogens (tertiary/aromatic N) is 2. The zero-order valence-electron chi connectivity index (χ0n) is 12.1. The smallest absolute Gasteiger partial charge is 0.273 e. The molecule has 0 spiro atoms. The van der Waals surface area contributed by atoms with Gasteiger partial charge in [0.15, 0.2) is 0 Å². The standard InChI is InChI=1S/C14H21N3O4/c1-2-3-15-11-6-12(8-13(7-11)17(19)20)16-4-5-21-10-14(16)9-18/h6-8,14-15,18H,2-5,9-10H2,1H3. The molecule has 0 bridgehead atoms. The van der Waals surface area contributed by atoms with E-state index in [1.165, 1.54) is 6.07 Å². The summed E-state index contributed by atoms with van der Waals surface area (Å²) in [5.41, 5.74) is 1.52. The summed E-state index contributed by atoms with van der Waals surface area (Å²) in [5, 5.41) is 23.7. The molecule has 7 nitrogen and oxygen atoms in total. The third kappa shape index (κ3) is 3.83. The molecule has 0 aromatic heterocycles. The predicted octanol–water partition coefficient (Wildman–Crippen LogP) is 1.61. The van der Waals surface area contributed by atoms with Crippen molar-refractivity contribution in [2.45, 2.75) is 19.4 Å². The fourth-order valence-electron chi connectivity index (χ4n) is 2.38. The Bertz CT molecular complexity index is 495. The van der Waals surface area contributed by atoms with Crippen molar-refractivity contribution in [3.8, 4) is 0 Å². The molecule has 7 heteroatoms. The van der Waals surface area contributed by atoms with Crippen LogP contribution in [-0.4, -0.2) is 49.0 Å². The van der Waals surface area contributed by atoms with E-state index in [-0.39, 0.29) is 18.3 Å². The zero-order chi connectivity index (χ0) is 15.2. The van der Waals surface area contributed by atoms with Gasteiger partial charge in [0.1, 0.15) is 0 Å². The summed E-state index contributed by atoms with van der Waals surface area (Å²) in [4.78, 5) is 12.7. The van der Waals surface area contributed by atoms with Crippen LogP contribution in [-0.2, 0) is 4.74 Å². The first-order valence-corrected chi connectivity index (χ1v) is 7.14. The number of hydrogen-bond donors (Lipinski definition) is 2. The Morgan fingerprint density at radius 2 is 2.33 bits per heavy atom. The molecule has 1 aromatic rings. The molecule has 0 radical (unpaired) electrons. The van der Waals surface area contributed by atoms with Crippen molar-refractivity contribution in [3.05, 3.63) is 28.3 Å². The summed E-state index contributed by atoms with van der Waals surface area (Å²) in [6.45, 7) is 4.34. The first kappa shape index (κ1) is 15.5. The maximum absolute atomic E-state index is 11.1. The summed E-state index contributed by atoms with van der Waals surface area (Å²) in [6.07, 6.45) is 0.939. The molecular weight excluding hydrogens is 274 g/mol. The van der Waals surface area contributed by atoms with Gasteiger partial charge in [0, 0.05) is 36.6 Å². The molecule has 1 atom stereocenters. The Morgan fingerprint density at radius 3 is 3.00 bits per heavy atom. The Labute approximate surface area is 123 Å². The van der Waals surface area contributed by atoms with Crippen LogP contribution in [0, 0.1) is 10.1 Å². The second-order valence-corrected chi connectivity index (χ2v) is 5.03. The van der Waals surface area contributed by atoms with E-state index in [4.69, 9.17) is 4.74 Å². The van der Waals surface area contributed by atoms with Gasteiger partial charge in [-0.05, 0) is 12.5 Å². The SMILES string of the molecule is CCCNc1cc(N2CCOCC2CO)cc([N+](=O)[O-])c1. The fraction of sp³-hybridized carbons (Fsp3) is 0.571. The number of nitro benzene ring substituents is 1. The van der Waals surface area contributed by atoms with Crippen LogP contribution in [0.4, 0.5) is 17.1 Å². The van der Waals surface area contributed by atoms with Crippen molar-refractivity contribution in [2.75, 3.05) is 43.1 Å². The molecule has 0 amide bonds. The van der Waals surface area contributed by atoms with Crippen molar-refractivity contribution >= 4 is 17.1 Å². The number of nitro groups is 1. The number of aliphatic hydroxyl groups is 1. The van der Waals surface area contributed by atoms with Crippen molar-refractivity contribution in [1.29, 1.82) is 0 Å². The van der Waals surface area contributed by atoms with Gasteiger partial charge in [0.05, 0.1) is 30.8 Å². The lowest BCUT2D eigenvalue weighted by Gasteiger charge is -2.36. The summed E-state index contributed by atoms with van der Waals surface area (Å²) in [5.74, 6) is 0. The number of nitrogens with one attached hydrogen (secondary N) is 1. The van der Waals surface area contributed by atoms with Crippen LogP contribution < -0.4 is 10.2 Å². The van der Waals surface area contributed by atoms with Gasteiger partial charge in [-0.15, -0.1) is 0 Å². The van der Waals surface area contributed by atoms with Crippen LogP contribution in [0.15, 0.2) is 18.2 Å². The number of rotatable bonds is 6. The van der Waals surface area contributed by atoms with Crippen LogP contribution in [0.5, 0.6) is 0 Å². The van der Waals surface area contributed by atoms with Gasteiger partial charge in [-0.1, -0.05) is 6.92 Å². The first-order valence-electron chi connectivity index (χ1n) is 7.14. The minimum Gasteiger partial charge on any atom is -0.394 e. The highest BCUT2D eigenvalue weighted by Gasteiger charge is 2.24. The Kier molecular flexibility index (Phi) is 5.35. The lowest BCUT2D eigenvalue weighted by atomic mass is 10.1. The Balaban J connectivity index is 2.31. The molecule has 1 saturated heterocycles. The Hall–Kier alpha value is -1.86. The molecule has 1 aliphatic rings. The number of benzene rings is 1. The van der Waals surface area contributed by atoms with E-state index in [0.29, 0.717) is 19.8 Å². The van der Waals surface area contributed by atoms with Crippen molar-refractivity contribution in [2.24, 2.45) is 0 Å². The molecule has 1 aliphatic heterocycles. The van der Waals surface area contributed by atoms with E-state index in [1.807, 2.05) is 17.9 Å². The van der Waals surface area contributed by atoms with Crippen molar-refractivity contribution < 1.29 is 14.8 Å². The summed E-state index contributed by atoms with van der Waals surface area (Å²) in [6, 6.07) is 4.80. The third-order valence-corrected chi connectivity index (χ3v) is 3.46. The van der Waals surface area contributed by atoms with E-state index < -0.39 is 4.92 Å². The second kappa shape index (κ2) is 7.24. The number of non-ortho nitro benzene ring substituents is 1. The average Bonchev–Trinajstić information content (AvgIpc) is 2.52. The Morgan fingerprint density at radius 1 is 1.52 bits per heavy atom. The zero-order valence-corrected chi connectivity index (χ0v) is 12.1. The van der Waals surface area contributed by atoms with Crippen LogP contribution in [0.1, 0.15) is 13.3 Å². The third-order valence-electron chi connectivity index (χ3n) is 3.46. The second-order valence-electron chi connectivity index (χ2n) is 5.03. The van der Waals surface area contributed by atoms with Crippen LogP contribution in [0.2, 0.25) is 0 Å². The van der Waals surface area contributed by atoms with E-state index in [0.717, 1.165) is 24.3 Å². The monoisotopic (exact) mass is 295 g/mol. The van der Waals surface area contributed by atoms with Gasteiger partial charge >= 0.3 is 0 Å². The van der Waals surface area contributed by atoms with E-state index in [9.17, 15) is 15.2 Å². The van der Waals surface area contributed by atoms with Gasteiger partial charge in [-0.3, -0.25) is 10.1 Å². The number of ether oxygens (including phenoxy) is 1. The highest BCUT2D eigenvalue weighted by atomic mass is 16.6. The average molecular weight is 295 g/mol. The van der Waals surface area contributed by atoms with Gasteiger partial charge in [-0.2, -0.15) is 0 Å². The number of aliphatic hydroxyl groups excluding tert-OH is 1. The molecule has 1 unspecified atom stereocenters. The van der Waals surface area contributed by atoms with Gasteiger partial charge in [-0.25, -0.2) is 0 Å². The molecule has 1 heterocycles. The summed E-state index contributed by atoms with van der Waals surface area (Å²) in [7, 11) is 0. The van der Waals surface area contributed by atoms with Gasteiger partial charge < -0.3 is 20.1 Å². The molecule has 2 N–H and O–H groups in total. The van der Waals surface area contributed by atoms with Gasteiger partial charge in [0.25, 0.3) is 5.69 Å². The lowest BCUT2D eigenvalue weighted by Crippen LogP contribution is -2.47.